The molecule has 13 heteroatoms. The zero-order valence-electron chi connectivity index (χ0n) is 31.5. The number of carbonyl (C=O) groups excluding carboxylic acids is 2. The third kappa shape index (κ3) is 11.8. The van der Waals surface area contributed by atoms with Crippen LogP contribution in [-0.4, -0.2) is 95.0 Å². The molecule has 0 spiro atoms. The fourth-order valence-corrected chi connectivity index (χ4v) is 6.40. The van der Waals surface area contributed by atoms with E-state index in [1.807, 2.05) is 60.6 Å². The predicted octanol–water partition coefficient (Wildman–Crippen LogP) is 5.59. The number of amides is 2. The molecule has 0 saturated carbocycles. The van der Waals surface area contributed by atoms with Crippen molar-refractivity contribution in [3.63, 3.8) is 0 Å². The van der Waals surface area contributed by atoms with Crippen LogP contribution in [0.25, 0.3) is 0 Å². The van der Waals surface area contributed by atoms with E-state index >= 15 is 0 Å². The SMILES string of the molecule is COCCCOc1cc(C[C@@H](C[C@H]2[C@H](C[C@H](C(=O)NCCc3nn[nH]n3)C(C)C)OC(C)(C)N2C(=O)OC(C)(C)C)C(C)C)ccc1OC. The molecule has 3 rings (SSSR count). The van der Waals surface area contributed by atoms with E-state index in [0.717, 1.165) is 18.4 Å². The summed E-state index contributed by atoms with van der Waals surface area (Å²) in [6.07, 6.45) is 2.29. The maximum atomic E-state index is 13.9. The number of nitrogens with zero attached hydrogens (tertiary/aromatic N) is 4. The van der Waals surface area contributed by atoms with Crippen molar-refractivity contribution in [2.24, 2.45) is 23.7 Å². The molecule has 2 heterocycles. The Hall–Kier alpha value is -3.45. The summed E-state index contributed by atoms with van der Waals surface area (Å²) < 4.78 is 29.5. The Kier molecular flexibility index (Phi) is 14.7. The van der Waals surface area contributed by atoms with E-state index in [-0.39, 0.29) is 35.6 Å². The first kappa shape index (κ1) is 40.0. The number of ether oxygens (including phenoxy) is 5. The van der Waals surface area contributed by atoms with Gasteiger partial charge in [0.1, 0.15) is 11.3 Å². The van der Waals surface area contributed by atoms with Crippen LogP contribution in [0, 0.1) is 23.7 Å². The molecule has 0 unspecified atom stereocenters. The van der Waals surface area contributed by atoms with E-state index in [0.29, 0.717) is 56.3 Å². The summed E-state index contributed by atoms with van der Waals surface area (Å²) in [4.78, 5) is 29.2. The molecule has 1 fully saturated rings. The highest BCUT2D eigenvalue weighted by atomic mass is 16.6. The molecule has 0 radical (unpaired) electrons. The van der Waals surface area contributed by atoms with Gasteiger partial charge < -0.3 is 29.0 Å². The maximum Gasteiger partial charge on any atom is 0.412 e. The van der Waals surface area contributed by atoms with Crippen LogP contribution in [0.3, 0.4) is 0 Å². The van der Waals surface area contributed by atoms with Gasteiger partial charge in [-0.25, -0.2) is 4.79 Å². The monoisotopic (exact) mass is 688 g/mol. The van der Waals surface area contributed by atoms with Crippen LogP contribution in [0.1, 0.15) is 93.0 Å². The average molecular weight is 689 g/mol. The molecule has 1 saturated heterocycles. The van der Waals surface area contributed by atoms with Crippen molar-refractivity contribution in [1.29, 1.82) is 0 Å². The zero-order chi connectivity index (χ0) is 36.4. The first-order valence-electron chi connectivity index (χ1n) is 17.5. The van der Waals surface area contributed by atoms with Crippen molar-refractivity contribution in [3.8, 4) is 11.5 Å². The van der Waals surface area contributed by atoms with E-state index < -0.39 is 23.5 Å². The largest absolute Gasteiger partial charge is 0.493 e. The molecule has 0 aliphatic carbocycles. The highest BCUT2D eigenvalue weighted by molar-refractivity contribution is 5.79. The van der Waals surface area contributed by atoms with Crippen molar-refractivity contribution in [1.82, 2.24) is 30.8 Å². The molecular formula is C36H60N6O7. The number of methoxy groups -OCH3 is 2. The van der Waals surface area contributed by atoms with Crippen LogP contribution in [0.2, 0.25) is 0 Å². The summed E-state index contributed by atoms with van der Waals surface area (Å²) in [5.74, 6) is 2.00. The van der Waals surface area contributed by atoms with E-state index in [1.165, 1.54) is 0 Å². The first-order valence-corrected chi connectivity index (χ1v) is 17.5. The normalized spacial score (nSPS) is 18.8. The minimum atomic E-state index is -0.945. The zero-order valence-corrected chi connectivity index (χ0v) is 31.5. The second-order valence-corrected chi connectivity index (χ2v) is 15.1. The summed E-state index contributed by atoms with van der Waals surface area (Å²) in [5, 5.41) is 17.0. The molecule has 1 aliphatic heterocycles. The Morgan fingerprint density at radius 3 is 2.39 bits per heavy atom. The molecule has 2 N–H and O–H groups in total. The lowest BCUT2D eigenvalue weighted by molar-refractivity contribution is -0.129. The Labute approximate surface area is 292 Å². The smallest absolute Gasteiger partial charge is 0.412 e. The molecular weight excluding hydrogens is 628 g/mol. The topological polar surface area (TPSA) is 150 Å². The molecule has 0 bridgehead atoms. The Morgan fingerprint density at radius 1 is 1.06 bits per heavy atom. The second kappa shape index (κ2) is 18.0. The molecule has 276 valence electrons. The van der Waals surface area contributed by atoms with Gasteiger partial charge in [-0.3, -0.25) is 9.69 Å². The Balaban J connectivity index is 1.89. The number of benzene rings is 1. The summed E-state index contributed by atoms with van der Waals surface area (Å²) in [6, 6.07) is 5.74. The lowest BCUT2D eigenvalue weighted by atomic mass is 9.80. The van der Waals surface area contributed by atoms with Gasteiger partial charge >= 0.3 is 6.09 Å². The van der Waals surface area contributed by atoms with Crippen molar-refractivity contribution >= 4 is 12.0 Å². The standard InChI is InChI=1S/C36H60N6O7/c1-23(2)26(19-25-13-14-29(46-11)31(20-25)47-18-12-17-45-10)21-28-30(48-36(8,9)42(28)34(44)49-35(5,6)7)22-27(24(3)4)33(43)37-16-15-32-38-40-41-39-32/h13-14,20,23-24,26-28,30H,12,15-19,21-22H2,1-11H3,(H,37,43)(H,38,39,40,41)/t26-,27-,28-,30-/m0/s1. The number of aromatic amines is 1. The van der Waals surface area contributed by atoms with Crippen molar-refractivity contribution in [2.75, 3.05) is 34.0 Å². The minimum Gasteiger partial charge on any atom is -0.493 e. The van der Waals surface area contributed by atoms with E-state index in [1.54, 1.807) is 19.1 Å². The van der Waals surface area contributed by atoms with E-state index in [9.17, 15) is 9.59 Å². The third-order valence-electron chi connectivity index (χ3n) is 9.00. The summed E-state index contributed by atoms with van der Waals surface area (Å²) in [5.41, 5.74) is -0.519. The van der Waals surface area contributed by atoms with Crippen LogP contribution in [0.15, 0.2) is 18.2 Å². The summed E-state index contributed by atoms with van der Waals surface area (Å²) in [6.45, 7) is 19.4. The number of hydrogen-bond donors (Lipinski definition) is 2. The molecule has 1 aliphatic rings. The van der Waals surface area contributed by atoms with Crippen LogP contribution < -0.4 is 14.8 Å². The van der Waals surface area contributed by atoms with Gasteiger partial charge in [0.15, 0.2) is 17.3 Å². The van der Waals surface area contributed by atoms with Crippen molar-refractivity contribution in [3.05, 3.63) is 29.6 Å². The Bertz CT molecular complexity index is 1310. The highest BCUT2D eigenvalue weighted by Gasteiger charge is 2.52. The summed E-state index contributed by atoms with van der Waals surface area (Å²) >= 11 is 0. The maximum absolute atomic E-state index is 13.9. The predicted molar refractivity (Wildman–Crippen MR) is 186 cm³/mol. The molecule has 2 amide bonds. The van der Waals surface area contributed by atoms with E-state index in [4.69, 9.17) is 23.7 Å². The highest BCUT2D eigenvalue weighted by Crippen LogP contribution is 2.41. The van der Waals surface area contributed by atoms with Gasteiger partial charge in [0.2, 0.25) is 5.91 Å². The van der Waals surface area contributed by atoms with Crippen LogP contribution in [-0.2, 0) is 31.8 Å². The van der Waals surface area contributed by atoms with Gasteiger partial charge in [0, 0.05) is 39.0 Å². The average Bonchev–Trinajstić information content (AvgIpc) is 3.61. The van der Waals surface area contributed by atoms with Gasteiger partial charge in [0.05, 0.1) is 25.9 Å². The number of rotatable bonds is 18. The Morgan fingerprint density at radius 2 is 1.80 bits per heavy atom. The van der Waals surface area contributed by atoms with Crippen LogP contribution in [0.5, 0.6) is 11.5 Å². The molecule has 1 aromatic carbocycles. The number of carbonyl (C=O) groups is 2. The quantitative estimate of drug-likeness (QED) is 0.190. The molecule has 4 atom stereocenters. The second-order valence-electron chi connectivity index (χ2n) is 15.1. The van der Waals surface area contributed by atoms with Crippen LogP contribution >= 0.6 is 0 Å². The van der Waals surface area contributed by atoms with Gasteiger partial charge in [-0.15, -0.1) is 10.2 Å². The number of aromatic nitrogens is 4. The molecule has 13 nitrogen and oxygen atoms in total. The van der Waals surface area contributed by atoms with Gasteiger partial charge in [0.25, 0.3) is 0 Å². The number of H-pyrrole nitrogens is 1. The molecule has 1 aromatic heterocycles. The third-order valence-corrected chi connectivity index (χ3v) is 9.00. The molecule has 49 heavy (non-hydrogen) atoms. The fraction of sp³-hybridized carbons (Fsp3) is 0.750. The minimum absolute atomic E-state index is 0.0376. The fourth-order valence-electron chi connectivity index (χ4n) is 6.40. The lowest BCUT2D eigenvalue weighted by Crippen LogP contribution is -2.51. The summed E-state index contributed by atoms with van der Waals surface area (Å²) in [7, 11) is 3.32. The van der Waals surface area contributed by atoms with Crippen molar-refractivity contribution < 1.29 is 33.3 Å². The first-order chi connectivity index (χ1) is 23.1. The lowest BCUT2D eigenvalue weighted by Gasteiger charge is -2.37. The van der Waals surface area contributed by atoms with Gasteiger partial charge in [-0.05, 0) is 89.3 Å². The molecule has 2 aromatic rings. The van der Waals surface area contributed by atoms with E-state index in [2.05, 4.69) is 45.9 Å². The van der Waals surface area contributed by atoms with Gasteiger partial charge in [-0.2, -0.15) is 5.21 Å². The van der Waals surface area contributed by atoms with Crippen LogP contribution in [0.4, 0.5) is 4.79 Å². The van der Waals surface area contributed by atoms with Gasteiger partial charge in [-0.1, -0.05) is 39.0 Å². The number of hydrogen-bond acceptors (Lipinski definition) is 10. The number of nitrogens with one attached hydrogen (secondary N) is 2. The van der Waals surface area contributed by atoms with Crippen molar-refractivity contribution in [2.45, 2.75) is 118 Å². The number of tetrazole rings is 1.